The van der Waals surface area contributed by atoms with Gasteiger partial charge in [0.1, 0.15) is 4.47 Å². The summed E-state index contributed by atoms with van der Waals surface area (Å²) in [4.78, 5) is 12.0. The predicted octanol–water partition coefficient (Wildman–Crippen LogP) is 1.68. The lowest BCUT2D eigenvalue weighted by Gasteiger charge is -2.14. The highest BCUT2D eigenvalue weighted by atomic mass is 79.9. The van der Waals surface area contributed by atoms with Crippen LogP contribution in [0.4, 0.5) is 5.69 Å². The summed E-state index contributed by atoms with van der Waals surface area (Å²) >= 11 is 3.34. The van der Waals surface area contributed by atoms with Crippen LogP contribution < -0.4 is 16.2 Å². The van der Waals surface area contributed by atoms with Gasteiger partial charge in [-0.05, 0) is 41.9 Å². The van der Waals surface area contributed by atoms with E-state index >= 15 is 0 Å². The fourth-order valence-corrected chi connectivity index (χ4v) is 2.11. The number of nitrogens with zero attached hydrogens (tertiary/aromatic N) is 2. The Morgan fingerprint density at radius 3 is 2.83 bits per heavy atom. The van der Waals surface area contributed by atoms with Gasteiger partial charge in [-0.25, -0.2) is 4.68 Å². The molecule has 0 saturated carbocycles. The van der Waals surface area contributed by atoms with Gasteiger partial charge in [-0.2, -0.15) is 5.10 Å². The number of nitrogens with one attached hydrogen (secondary N) is 2. The fourth-order valence-electron chi connectivity index (χ4n) is 1.66. The summed E-state index contributed by atoms with van der Waals surface area (Å²) in [6, 6.07) is 0. The number of hydrogen-bond donors (Lipinski definition) is 2. The molecule has 0 spiro atoms. The molecule has 0 radical (unpaired) electrons. The molecule has 0 aliphatic heterocycles. The number of halogens is 1. The van der Waals surface area contributed by atoms with Crippen molar-refractivity contribution in [1.29, 1.82) is 0 Å². The van der Waals surface area contributed by atoms with Crippen molar-refractivity contribution >= 4 is 21.6 Å². The molecular formula is C12H21BrN4O. The van der Waals surface area contributed by atoms with Gasteiger partial charge in [0, 0.05) is 13.1 Å². The summed E-state index contributed by atoms with van der Waals surface area (Å²) < 4.78 is 2.04. The van der Waals surface area contributed by atoms with Crippen LogP contribution >= 0.6 is 15.9 Å². The molecular weight excluding hydrogens is 296 g/mol. The molecule has 1 aromatic rings. The Morgan fingerprint density at radius 1 is 1.50 bits per heavy atom. The maximum absolute atomic E-state index is 12.0. The van der Waals surface area contributed by atoms with E-state index in [-0.39, 0.29) is 5.56 Å². The molecule has 0 saturated heterocycles. The summed E-state index contributed by atoms with van der Waals surface area (Å²) in [7, 11) is 1.93. The molecule has 1 atom stereocenters. The molecule has 1 unspecified atom stereocenters. The standard InChI is InChI=1S/C12H21BrN4O/c1-4-5-17-12(18)11(13)10(8-16-17)15-7-9(2)6-14-3/h8-9,14-15H,4-7H2,1-3H3. The van der Waals surface area contributed by atoms with Gasteiger partial charge in [0.25, 0.3) is 5.56 Å². The van der Waals surface area contributed by atoms with Crippen molar-refractivity contribution in [2.45, 2.75) is 26.8 Å². The van der Waals surface area contributed by atoms with E-state index in [4.69, 9.17) is 0 Å². The molecule has 0 aromatic carbocycles. The third-order valence-corrected chi connectivity index (χ3v) is 3.38. The van der Waals surface area contributed by atoms with Crippen LogP contribution in [0.5, 0.6) is 0 Å². The third kappa shape index (κ3) is 4.10. The molecule has 0 aliphatic rings. The summed E-state index contributed by atoms with van der Waals surface area (Å²) in [6.07, 6.45) is 2.60. The van der Waals surface area contributed by atoms with Gasteiger partial charge < -0.3 is 10.6 Å². The van der Waals surface area contributed by atoms with Gasteiger partial charge in [-0.3, -0.25) is 4.79 Å². The van der Waals surface area contributed by atoms with Gasteiger partial charge >= 0.3 is 0 Å². The minimum Gasteiger partial charge on any atom is -0.382 e. The molecule has 0 aliphatic carbocycles. The van der Waals surface area contributed by atoms with Crippen molar-refractivity contribution in [3.63, 3.8) is 0 Å². The summed E-state index contributed by atoms with van der Waals surface area (Å²) in [5.74, 6) is 0.486. The molecule has 6 heteroatoms. The first kappa shape index (κ1) is 15.2. The zero-order valence-corrected chi connectivity index (χ0v) is 12.7. The average molecular weight is 317 g/mol. The first-order valence-electron chi connectivity index (χ1n) is 6.24. The SMILES string of the molecule is CCCn1ncc(NCC(C)CNC)c(Br)c1=O. The summed E-state index contributed by atoms with van der Waals surface area (Å²) in [5, 5.41) is 10.5. The van der Waals surface area contributed by atoms with Crippen molar-refractivity contribution in [2.24, 2.45) is 5.92 Å². The zero-order chi connectivity index (χ0) is 13.5. The van der Waals surface area contributed by atoms with Crippen molar-refractivity contribution < 1.29 is 0 Å². The molecule has 2 N–H and O–H groups in total. The second kappa shape index (κ2) is 7.53. The highest BCUT2D eigenvalue weighted by Gasteiger charge is 2.09. The van der Waals surface area contributed by atoms with Crippen molar-refractivity contribution in [2.75, 3.05) is 25.5 Å². The second-order valence-corrected chi connectivity index (χ2v) is 5.24. The largest absolute Gasteiger partial charge is 0.382 e. The van der Waals surface area contributed by atoms with Crippen LogP contribution in [0.2, 0.25) is 0 Å². The Hall–Kier alpha value is -0.880. The topological polar surface area (TPSA) is 59.0 Å². The molecule has 18 heavy (non-hydrogen) atoms. The highest BCUT2D eigenvalue weighted by molar-refractivity contribution is 9.10. The smallest absolute Gasteiger partial charge is 0.283 e. The van der Waals surface area contributed by atoms with E-state index in [1.807, 2.05) is 14.0 Å². The monoisotopic (exact) mass is 316 g/mol. The lowest BCUT2D eigenvalue weighted by molar-refractivity contribution is 0.559. The van der Waals surface area contributed by atoms with E-state index in [0.717, 1.165) is 25.2 Å². The summed E-state index contributed by atoms with van der Waals surface area (Å²) in [5.41, 5.74) is 0.679. The Labute approximate surface area is 116 Å². The Kier molecular flexibility index (Phi) is 6.35. The number of hydrogen-bond acceptors (Lipinski definition) is 4. The maximum Gasteiger partial charge on any atom is 0.283 e. The van der Waals surface area contributed by atoms with E-state index in [1.165, 1.54) is 4.68 Å². The van der Waals surface area contributed by atoms with Crippen molar-refractivity contribution in [1.82, 2.24) is 15.1 Å². The fraction of sp³-hybridized carbons (Fsp3) is 0.667. The molecule has 0 amide bonds. The molecule has 1 heterocycles. The third-order valence-electron chi connectivity index (χ3n) is 2.61. The molecule has 1 rings (SSSR count). The van der Waals surface area contributed by atoms with E-state index in [2.05, 4.69) is 38.6 Å². The lowest BCUT2D eigenvalue weighted by Crippen LogP contribution is -2.26. The van der Waals surface area contributed by atoms with Crippen molar-refractivity contribution in [3.05, 3.63) is 21.0 Å². The minimum atomic E-state index is -0.0804. The number of aryl methyl sites for hydroxylation is 1. The number of rotatable bonds is 7. The van der Waals surface area contributed by atoms with Crippen LogP contribution in [0, 0.1) is 5.92 Å². The number of aromatic nitrogens is 2. The van der Waals surface area contributed by atoms with Gasteiger partial charge in [0.05, 0.1) is 11.9 Å². The van der Waals surface area contributed by atoms with Crippen molar-refractivity contribution in [3.8, 4) is 0 Å². The molecule has 0 bridgehead atoms. The highest BCUT2D eigenvalue weighted by Crippen LogP contribution is 2.16. The first-order valence-corrected chi connectivity index (χ1v) is 7.03. The minimum absolute atomic E-state index is 0.0804. The van der Waals surface area contributed by atoms with E-state index in [0.29, 0.717) is 16.9 Å². The van der Waals surface area contributed by atoms with Gasteiger partial charge in [0.2, 0.25) is 0 Å². The Balaban J connectivity index is 2.73. The Morgan fingerprint density at radius 2 is 2.22 bits per heavy atom. The molecule has 5 nitrogen and oxygen atoms in total. The Bertz CT molecular complexity index is 433. The van der Waals surface area contributed by atoms with E-state index in [9.17, 15) is 4.79 Å². The number of anilines is 1. The van der Waals surface area contributed by atoms with E-state index < -0.39 is 0 Å². The average Bonchev–Trinajstić information content (AvgIpc) is 2.35. The van der Waals surface area contributed by atoms with Gasteiger partial charge in [-0.15, -0.1) is 0 Å². The van der Waals surface area contributed by atoms with Crippen LogP contribution in [0.1, 0.15) is 20.3 Å². The first-order chi connectivity index (χ1) is 8.60. The van der Waals surface area contributed by atoms with Crippen LogP contribution in [-0.2, 0) is 6.54 Å². The lowest BCUT2D eigenvalue weighted by atomic mass is 10.2. The normalized spacial score (nSPS) is 12.4. The second-order valence-electron chi connectivity index (χ2n) is 4.44. The van der Waals surface area contributed by atoms with Gasteiger partial charge in [0.15, 0.2) is 0 Å². The maximum atomic E-state index is 12.0. The molecule has 1 aromatic heterocycles. The molecule has 102 valence electrons. The summed E-state index contributed by atoms with van der Waals surface area (Å²) in [6.45, 7) is 6.55. The molecule has 0 fully saturated rings. The zero-order valence-electron chi connectivity index (χ0n) is 11.2. The van der Waals surface area contributed by atoms with Crippen LogP contribution in [0.15, 0.2) is 15.5 Å². The predicted molar refractivity (Wildman–Crippen MR) is 78.1 cm³/mol. The van der Waals surface area contributed by atoms with E-state index in [1.54, 1.807) is 6.20 Å². The quantitative estimate of drug-likeness (QED) is 0.803. The van der Waals surface area contributed by atoms with Crippen LogP contribution in [0.25, 0.3) is 0 Å². The van der Waals surface area contributed by atoms with Crippen LogP contribution in [-0.4, -0.2) is 29.9 Å². The van der Waals surface area contributed by atoms with Gasteiger partial charge in [-0.1, -0.05) is 13.8 Å². The van der Waals surface area contributed by atoms with Crippen LogP contribution in [0.3, 0.4) is 0 Å².